The van der Waals surface area contributed by atoms with Gasteiger partial charge in [0, 0.05) is 18.7 Å². The maximum atomic E-state index is 13.8. The van der Waals surface area contributed by atoms with E-state index in [4.69, 9.17) is 0 Å². The van der Waals surface area contributed by atoms with Gasteiger partial charge in [0.2, 0.25) is 10.0 Å². The second-order valence-electron chi connectivity index (χ2n) is 8.83. The highest BCUT2D eigenvalue weighted by Gasteiger charge is 2.26. The van der Waals surface area contributed by atoms with Gasteiger partial charge in [0.25, 0.3) is 5.91 Å². The molecule has 0 bridgehead atoms. The maximum absolute atomic E-state index is 13.8. The number of anilines is 1. The number of carbonyl (C=O) groups excluding carboxylic acids is 1. The molecule has 0 aliphatic carbocycles. The summed E-state index contributed by atoms with van der Waals surface area (Å²) >= 11 is 1.24. The van der Waals surface area contributed by atoms with Gasteiger partial charge in [-0.1, -0.05) is 54.5 Å². The molecule has 1 saturated heterocycles. The van der Waals surface area contributed by atoms with Gasteiger partial charge in [-0.15, -0.1) is 0 Å². The third-order valence-electron chi connectivity index (χ3n) is 6.30. The van der Waals surface area contributed by atoms with Gasteiger partial charge in [-0.25, -0.2) is 17.8 Å². The summed E-state index contributed by atoms with van der Waals surface area (Å²) < 4.78 is 42.2. The molecular weight excluding hydrogens is 497 g/mol. The lowest BCUT2D eigenvalue weighted by molar-refractivity contribution is 0.0985. The Morgan fingerprint density at radius 1 is 0.944 bits per heavy atom. The quantitative estimate of drug-likeness (QED) is 0.318. The van der Waals surface area contributed by atoms with Crippen LogP contribution in [0.5, 0.6) is 0 Å². The number of nitrogens with zero attached hydrogens (tertiary/aromatic N) is 3. The van der Waals surface area contributed by atoms with Crippen molar-refractivity contribution in [3.8, 4) is 0 Å². The number of amides is 1. The van der Waals surface area contributed by atoms with Crippen molar-refractivity contribution < 1.29 is 17.6 Å². The van der Waals surface area contributed by atoms with E-state index in [1.807, 2.05) is 30.3 Å². The predicted octanol–water partition coefficient (Wildman–Crippen LogP) is 5.85. The Hall–Kier alpha value is -3.14. The summed E-state index contributed by atoms with van der Waals surface area (Å²) in [6, 6.07) is 20.0. The second-order valence-corrected chi connectivity index (χ2v) is 11.8. The van der Waals surface area contributed by atoms with E-state index in [1.54, 1.807) is 27.4 Å². The highest BCUT2D eigenvalue weighted by molar-refractivity contribution is 7.89. The normalized spacial score (nSPS) is 15.0. The molecule has 5 rings (SSSR count). The standard InChI is InChI=1S/C27H26FN3O3S2/c28-22-12-15-24-25(18-22)35-27(29-24)31(19-20-8-4-3-5-9-20)26(32)21-10-13-23(14-11-21)36(33,34)30-16-6-1-2-7-17-30/h3-5,8-15,18H,1-2,6-7,16-17,19H2. The minimum Gasteiger partial charge on any atom is -0.279 e. The summed E-state index contributed by atoms with van der Waals surface area (Å²) in [5.74, 6) is -0.669. The summed E-state index contributed by atoms with van der Waals surface area (Å²) in [7, 11) is -3.61. The van der Waals surface area contributed by atoms with Gasteiger partial charge >= 0.3 is 0 Å². The van der Waals surface area contributed by atoms with Crippen molar-refractivity contribution in [1.82, 2.24) is 9.29 Å². The van der Waals surface area contributed by atoms with Crippen LogP contribution in [0.2, 0.25) is 0 Å². The first kappa shape index (κ1) is 24.5. The van der Waals surface area contributed by atoms with Crippen LogP contribution in [0.15, 0.2) is 77.7 Å². The molecule has 1 aliphatic rings. The lowest BCUT2D eigenvalue weighted by Crippen LogP contribution is -2.32. The Balaban J connectivity index is 1.46. The molecule has 0 N–H and O–H groups in total. The largest absolute Gasteiger partial charge is 0.279 e. The Morgan fingerprint density at radius 3 is 2.33 bits per heavy atom. The number of halogens is 1. The molecule has 36 heavy (non-hydrogen) atoms. The molecule has 1 aliphatic heterocycles. The van der Waals surface area contributed by atoms with Gasteiger partial charge < -0.3 is 0 Å². The van der Waals surface area contributed by atoms with Crippen molar-refractivity contribution in [2.75, 3.05) is 18.0 Å². The number of aromatic nitrogens is 1. The van der Waals surface area contributed by atoms with Crippen molar-refractivity contribution in [3.05, 3.63) is 89.7 Å². The van der Waals surface area contributed by atoms with Crippen LogP contribution in [0, 0.1) is 5.82 Å². The molecule has 1 aromatic heterocycles. The molecule has 186 valence electrons. The van der Waals surface area contributed by atoms with Crippen molar-refractivity contribution in [1.29, 1.82) is 0 Å². The summed E-state index contributed by atoms with van der Waals surface area (Å²) in [6.45, 7) is 1.31. The molecule has 0 spiro atoms. The number of carbonyl (C=O) groups is 1. The molecule has 2 heterocycles. The zero-order valence-electron chi connectivity index (χ0n) is 19.6. The van der Waals surface area contributed by atoms with Crippen molar-refractivity contribution in [3.63, 3.8) is 0 Å². The maximum Gasteiger partial charge on any atom is 0.260 e. The smallest absolute Gasteiger partial charge is 0.260 e. The van der Waals surface area contributed by atoms with Crippen molar-refractivity contribution in [2.24, 2.45) is 0 Å². The van der Waals surface area contributed by atoms with Crippen LogP contribution in [0.3, 0.4) is 0 Å². The minimum absolute atomic E-state index is 0.186. The number of sulfonamides is 1. The lowest BCUT2D eigenvalue weighted by atomic mass is 10.1. The molecular formula is C27H26FN3O3S2. The van der Waals surface area contributed by atoms with Gasteiger partial charge in [0.15, 0.2) is 5.13 Å². The number of benzene rings is 3. The van der Waals surface area contributed by atoms with Crippen molar-refractivity contribution in [2.45, 2.75) is 37.1 Å². The molecule has 0 radical (unpaired) electrons. The first-order valence-corrected chi connectivity index (χ1v) is 14.2. The van der Waals surface area contributed by atoms with E-state index in [0.717, 1.165) is 31.2 Å². The van der Waals surface area contributed by atoms with Crippen LogP contribution < -0.4 is 4.90 Å². The second kappa shape index (κ2) is 10.5. The fourth-order valence-electron chi connectivity index (χ4n) is 4.35. The van der Waals surface area contributed by atoms with E-state index < -0.39 is 10.0 Å². The van der Waals surface area contributed by atoms with E-state index >= 15 is 0 Å². The Labute approximate surface area is 214 Å². The van der Waals surface area contributed by atoms with Gasteiger partial charge in [0.1, 0.15) is 5.82 Å². The Bertz CT molecular complexity index is 1460. The van der Waals surface area contributed by atoms with E-state index in [1.165, 1.54) is 35.6 Å². The molecule has 4 aromatic rings. The average Bonchev–Trinajstić information content (AvgIpc) is 3.10. The van der Waals surface area contributed by atoms with Gasteiger partial charge in [0.05, 0.1) is 21.7 Å². The fourth-order valence-corrected chi connectivity index (χ4v) is 6.86. The molecule has 0 unspecified atom stereocenters. The molecule has 3 aromatic carbocycles. The summed E-state index contributed by atoms with van der Waals surface area (Å²) in [4.78, 5) is 20.0. The van der Waals surface area contributed by atoms with E-state index in [-0.39, 0.29) is 23.2 Å². The molecule has 1 fully saturated rings. The molecule has 9 heteroatoms. The molecule has 6 nitrogen and oxygen atoms in total. The topological polar surface area (TPSA) is 70.6 Å². The van der Waals surface area contributed by atoms with Crippen LogP contribution in [0.1, 0.15) is 41.6 Å². The van der Waals surface area contributed by atoms with E-state index in [9.17, 15) is 17.6 Å². The zero-order chi connectivity index (χ0) is 25.1. The van der Waals surface area contributed by atoms with Gasteiger partial charge in [-0.3, -0.25) is 9.69 Å². The van der Waals surface area contributed by atoms with Gasteiger partial charge in [-0.2, -0.15) is 4.31 Å². The average molecular weight is 524 g/mol. The highest BCUT2D eigenvalue weighted by Crippen LogP contribution is 2.31. The van der Waals surface area contributed by atoms with Crippen molar-refractivity contribution >= 4 is 42.6 Å². The van der Waals surface area contributed by atoms with Gasteiger partial charge in [-0.05, 0) is 60.9 Å². The van der Waals surface area contributed by atoms with Crippen LogP contribution in [0.4, 0.5) is 9.52 Å². The number of thiazole rings is 1. The van der Waals surface area contributed by atoms with Crippen LogP contribution in [-0.4, -0.2) is 36.7 Å². The number of hydrogen-bond donors (Lipinski definition) is 0. The predicted molar refractivity (Wildman–Crippen MR) is 140 cm³/mol. The van der Waals surface area contributed by atoms with E-state index in [0.29, 0.717) is 34.0 Å². The molecule has 0 atom stereocenters. The first-order chi connectivity index (χ1) is 17.4. The summed E-state index contributed by atoms with van der Waals surface area (Å²) in [5, 5.41) is 0.450. The minimum atomic E-state index is -3.61. The third-order valence-corrected chi connectivity index (χ3v) is 9.26. The monoisotopic (exact) mass is 523 g/mol. The molecule has 1 amide bonds. The van der Waals surface area contributed by atoms with E-state index in [2.05, 4.69) is 4.98 Å². The SMILES string of the molecule is O=C(c1ccc(S(=O)(=O)N2CCCCCC2)cc1)N(Cc1ccccc1)c1nc2ccc(F)cc2s1. The third kappa shape index (κ3) is 5.18. The number of rotatable bonds is 6. The Kier molecular flexibility index (Phi) is 7.13. The highest BCUT2D eigenvalue weighted by atomic mass is 32.2. The van der Waals surface area contributed by atoms with Crippen LogP contribution in [-0.2, 0) is 16.6 Å². The Morgan fingerprint density at radius 2 is 1.64 bits per heavy atom. The number of hydrogen-bond acceptors (Lipinski definition) is 5. The molecule has 0 saturated carbocycles. The summed E-state index contributed by atoms with van der Waals surface area (Å²) in [6.07, 6.45) is 3.79. The van der Waals surface area contributed by atoms with Crippen LogP contribution in [0.25, 0.3) is 10.2 Å². The first-order valence-electron chi connectivity index (χ1n) is 11.9. The zero-order valence-corrected chi connectivity index (χ0v) is 21.3. The van der Waals surface area contributed by atoms with Crippen LogP contribution >= 0.6 is 11.3 Å². The lowest BCUT2D eigenvalue weighted by Gasteiger charge is -2.21. The summed E-state index contributed by atoms with van der Waals surface area (Å²) in [5.41, 5.74) is 1.88. The fraction of sp³-hybridized carbons (Fsp3) is 0.259. The number of fused-ring (bicyclic) bond motifs is 1.